The van der Waals surface area contributed by atoms with Crippen LogP contribution in [-0.4, -0.2) is 47.4 Å². The number of ether oxygens (including phenoxy) is 1. The molecule has 0 aliphatic heterocycles. The first-order chi connectivity index (χ1) is 16.3. The summed E-state index contributed by atoms with van der Waals surface area (Å²) in [5, 5.41) is 18.7. The number of nitrogens with one attached hydrogen (secondary N) is 1. The highest BCUT2D eigenvalue weighted by Crippen LogP contribution is 2.14. The summed E-state index contributed by atoms with van der Waals surface area (Å²) < 4.78 is 5.60. The number of nitrogens with two attached hydrogens (primary N) is 1. The van der Waals surface area contributed by atoms with E-state index >= 15 is 0 Å². The van der Waals surface area contributed by atoms with Crippen LogP contribution >= 0.6 is 0 Å². The van der Waals surface area contributed by atoms with Crippen molar-refractivity contribution in [3.05, 3.63) is 29.8 Å². The first-order valence-electron chi connectivity index (χ1n) is 13.0. The number of carboxylic acids is 1. The lowest BCUT2D eigenvalue weighted by Crippen LogP contribution is -2.36. The fourth-order valence-electron chi connectivity index (χ4n) is 3.58. The van der Waals surface area contributed by atoms with Crippen molar-refractivity contribution >= 4 is 17.6 Å². The summed E-state index contributed by atoms with van der Waals surface area (Å²) in [6.07, 6.45) is 15.4. The summed E-state index contributed by atoms with van der Waals surface area (Å²) in [6, 6.07) is 7.41. The fourth-order valence-corrected chi connectivity index (χ4v) is 3.58. The Morgan fingerprint density at radius 3 is 1.82 bits per heavy atom. The van der Waals surface area contributed by atoms with Gasteiger partial charge in [0, 0.05) is 18.3 Å². The molecule has 1 rings (SSSR count). The van der Waals surface area contributed by atoms with Gasteiger partial charge in [-0.15, -0.1) is 0 Å². The van der Waals surface area contributed by atoms with Gasteiger partial charge in [0.25, 0.3) is 0 Å². The van der Waals surface area contributed by atoms with Gasteiger partial charge in [-0.05, 0) is 44.0 Å². The van der Waals surface area contributed by atoms with Crippen molar-refractivity contribution in [3.8, 4) is 0 Å². The number of aliphatic hydroxyl groups is 1. The average molecular weight is 481 g/mol. The molecule has 1 aromatic rings. The quantitative estimate of drug-likeness (QED) is 0.123. The third-order valence-corrected chi connectivity index (χ3v) is 5.60. The minimum absolute atomic E-state index is 0.150. The Bertz CT molecular complexity index is 622. The number of hydrogen-bond acceptors (Lipinski definition) is 6. The second-order valence-electron chi connectivity index (χ2n) is 8.90. The number of unbranched alkanes of at least 4 members (excludes halogenated alkanes) is 8. The molecule has 0 saturated carbocycles. The molecule has 0 spiro atoms. The molecule has 7 nitrogen and oxygen atoms in total. The molecule has 0 amide bonds. The molecule has 0 bridgehead atoms. The molecule has 0 aromatic heterocycles. The van der Waals surface area contributed by atoms with E-state index in [-0.39, 0.29) is 12.1 Å². The van der Waals surface area contributed by atoms with E-state index in [1.807, 2.05) is 6.92 Å². The van der Waals surface area contributed by atoms with Crippen LogP contribution in [0.3, 0.4) is 0 Å². The zero-order valence-corrected chi connectivity index (χ0v) is 21.6. The molecule has 1 atom stereocenters. The van der Waals surface area contributed by atoms with Gasteiger partial charge in [0.2, 0.25) is 0 Å². The van der Waals surface area contributed by atoms with Crippen molar-refractivity contribution in [2.24, 2.45) is 0 Å². The number of carboxylic acid groups (broad SMARTS) is 1. The summed E-state index contributed by atoms with van der Waals surface area (Å²) in [7, 11) is 0. The van der Waals surface area contributed by atoms with Gasteiger partial charge < -0.3 is 26.0 Å². The molecule has 1 unspecified atom stereocenters. The maximum atomic E-state index is 12.3. The van der Waals surface area contributed by atoms with Crippen molar-refractivity contribution in [1.82, 2.24) is 5.32 Å². The number of anilines is 1. The number of benzene rings is 1. The molecular weight excluding hydrogens is 432 g/mol. The summed E-state index contributed by atoms with van der Waals surface area (Å²) in [5.74, 6) is -1.47. The molecule has 34 heavy (non-hydrogen) atoms. The van der Waals surface area contributed by atoms with Gasteiger partial charge in [0.15, 0.2) is 0 Å². The van der Waals surface area contributed by atoms with E-state index in [9.17, 15) is 4.79 Å². The molecule has 0 aliphatic rings. The van der Waals surface area contributed by atoms with E-state index in [0.29, 0.717) is 23.8 Å². The first-order valence-corrected chi connectivity index (χ1v) is 13.0. The summed E-state index contributed by atoms with van der Waals surface area (Å²) in [6.45, 7) is 6.40. The van der Waals surface area contributed by atoms with Crippen LogP contribution in [0.1, 0.15) is 108 Å². The Kier molecular flexibility index (Phi) is 20.1. The average Bonchev–Trinajstić information content (AvgIpc) is 2.82. The van der Waals surface area contributed by atoms with Crippen LogP contribution in [0.15, 0.2) is 24.3 Å². The predicted molar refractivity (Wildman–Crippen MR) is 139 cm³/mol. The van der Waals surface area contributed by atoms with Crippen molar-refractivity contribution in [1.29, 1.82) is 0 Å². The zero-order chi connectivity index (χ0) is 25.6. The fraction of sp³-hybridized carbons (Fsp3) is 0.704. The Morgan fingerprint density at radius 1 is 0.912 bits per heavy atom. The highest BCUT2D eigenvalue weighted by Gasteiger charge is 2.14. The topological polar surface area (TPSA) is 122 Å². The molecular formula is C27H48N2O5. The normalized spacial score (nSPS) is 11.6. The van der Waals surface area contributed by atoms with Gasteiger partial charge in [-0.25, -0.2) is 9.59 Å². The lowest BCUT2D eigenvalue weighted by molar-refractivity contribution is -0.140. The largest absolute Gasteiger partial charge is 0.480 e. The molecule has 0 heterocycles. The van der Waals surface area contributed by atoms with Crippen molar-refractivity contribution in [2.45, 2.75) is 110 Å². The minimum atomic E-state index is -1.19. The maximum Gasteiger partial charge on any atom is 0.338 e. The number of nitrogen functional groups attached to an aromatic ring is 1. The van der Waals surface area contributed by atoms with Gasteiger partial charge in [0.1, 0.15) is 12.7 Å². The van der Waals surface area contributed by atoms with Crippen molar-refractivity contribution in [3.63, 3.8) is 0 Å². The third-order valence-electron chi connectivity index (χ3n) is 5.60. The number of aliphatic hydroxyl groups excluding tert-OH is 1. The first kappa shape index (κ1) is 31.9. The molecule has 196 valence electrons. The van der Waals surface area contributed by atoms with Crippen LogP contribution < -0.4 is 11.1 Å². The van der Waals surface area contributed by atoms with E-state index in [4.69, 9.17) is 25.5 Å². The number of hydrogen-bond donors (Lipinski definition) is 4. The standard InChI is InChI=1S/C25H44N2O2.C2H4O3/c1-4-6-8-10-12-14-24(15-13-11-9-7-5-2)27-20-21(3)29-25(28)22-16-18-23(26)19-17-22;3-1-2(4)5/h16-19,21,24,27H,4-15,20,26H2,1-3H3;3H,1H2,(H,4,5). The molecule has 5 N–H and O–H groups in total. The van der Waals surface area contributed by atoms with Gasteiger partial charge in [0.05, 0.1) is 5.56 Å². The minimum Gasteiger partial charge on any atom is -0.480 e. The third kappa shape index (κ3) is 18.3. The Morgan fingerprint density at radius 2 is 1.38 bits per heavy atom. The predicted octanol–water partition coefficient (Wildman–Crippen LogP) is 5.56. The second-order valence-corrected chi connectivity index (χ2v) is 8.90. The lowest BCUT2D eigenvalue weighted by atomic mass is 10.0. The number of carbonyl (C=O) groups is 2. The maximum absolute atomic E-state index is 12.3. The molecule has 0 aliphatic carbocycles. The summed E-state index contributed by atoms with van der Waals surface area (Å²) in [5.41, 5.74) is 6.88. The van der Waals surface area contributed by atoms with Crippen molar-refractivity contribution < 1.29 is 24.5 Å². The Labute approximate surface area is 206 Å². The smallest absolute Gasteiger partial charge is 0.338 e. The van der Waals surface area contributed by atoms with Gasteiger partial charge in [-0.1, -0.05) is 78.1 Å². The molecule has 0 saturated heterocycles. The summed E-state index contributed by atoms with van der Waals surface area (Å²) >= 11 is 0. The molecule has 0 fully saturated rings. The van der Waals surface area contributed by atoms with Crippen LogP contribution in [0, 0.1) is 0 Å². The van der Waals surface area contributed by atoms with E-state index in [0.717, 1.165) is 0 Å². The van der Waals surface area contributed by atoms with Crippen molar-refractivity contribution in [2.75, 3.05) is 18.9 Å². The van der Waals surface area contributed by atoms with E-state index in [1.165, 1.54) is 77.0 Å². The number of rotatable bonds is 18. The zero-order valence-electron chi connectivity index (χ0n) is 21.6. The van der Waals surface area contributed by atoms with Crippen LogP contribution in [0.2, 0.25) is 0 Å². The van der Waals surface area contributed by atoms with Gasteiger partial charge >= 0.3 is 11.9 Å². The van der Waals surface area contributed by atoms with Crippen LogP contribution in [-0.2, 0) is 9.53 Å². The molecule has 0 radical (unpaired) electrons. The Balaban J connectivity index is 0.00000196. The molecule has 7 heteroatoms. The lowest BCUT2D eigenvalue weighted by Gasteiger charge is -2.22. The molecule has 1 aromatic carbocycles. The second kappa shape index (κ2) is 21.4. The Hall–Kier alpha value is -2.12. The van der Waals surface area contributed by atoms with Crippen LogP contribution in [0.4, 0.5) is 5.69 Å². The number of carbonyl (C=O) groups excluding carboxylic acids is 1. The monoisotopic (exact) mass is 480 g/mol. The SMILES string of the molecule is CCCCCCCC(CCCCCCC)NCC(C)OC(=O)c1ccc(N)cc1.O=C(O)CO. The van der Waals surface area contributed by atoms with Gasteiger partial charge in [-0.3, -0.25) is 0 Å². The van der Waals surface area contributed by atoms with Gasteiger partial charge in [-0.2, -0.15) is 0 Å². The highest BCUT2D eigenvalue weighted by atomic mass is 16.5. The number of esters is 1. The van der Waals surface area contributed by atoms with E-state index in [2.05, 4.69) is 19.2 Å². The highest BCUT2D eigenvalue weighted by molar-refractivity contribution is 5.89. The van der Waals surface area contributed by atoms with Crippen LogP contribution in [0.25, 0.3) is 0 Å². The van der Waals surface area contributed by atoms with E-state index < -0.39 is 12.6 Å². The number of aliphatic carboxylic acids is 1. The summed E-state index contributed by atoms with van der Waals surface area (Å²) in [4.78, 5) is 21.4. The van der Waals surface area contributed by atoms with E-state index in [1.54, 1.807) is 24.3 Å². The van der Waals surface area contributed by atoms with Crippen LogP contribution in [0.5, 0.6) is 0 Å².